The number of ether oxygens (including phenoxy) is 2. The smallest absolute Gasteiger partial charge is 0.346 e. The van der Waals surface area contributed by atoms with Gasteiger partial charge >= 0.3 is 5.97 Å². The number of hydrogen-bond acceptors (Lipinski definition) is 6. The summed E-state index contributed by atoms with van der Waals surface area (Å²) < 4.78 is 13.8. The number of esters is 1. The zero-order valence-corrected chi connectivity index (χ0v) is 23.2. The average Bonchev–Trinajstić information content (AvgIpc) is 2.79. The van der Waals surface area contributed by atoms with E-state index in [0.717, 1.165) is 10.9 Å². The van der Waals surface area contributed by atoms with Gasteiger partial charge in [-0.3, -0.25) is 4.79 Å². The summed E-state index contributed by atoms with van der Waals surface area (Å²) in [5.74, 6) is 0.613. The van der Waals surface area contributed by atoms with Gasteiger partial charge in [-0.15, -0.1) is 0 Å². The topological polar surface area (TPSA) is 82.8 Å². The molecule has 3 rings (SSSR count). The molecule has 0 aliphatic carbocycles. The molecule has 33 heavy (non-hydrogen) atoms. The molecule has 2 atom stereocenters. The first-order valence-corrected chi connectivity index (χ1v) is 12.5. The minimum absolute atomic E-state index is 0.0388. The minimum Gasteiger partial charge on any atom is -0.477 e. The molecular weight excluding hydrogens is 622 g/mol. The third-order valence-corrected chi connectivity index (χ3v) is 6.73. The molecule has 0 spiro atoms. The Morgan fingerprint density at radius 2 is 1.85 bits per heavy atom. The van der Waals surface area contributed by atoms with Crippen LogP contribution in [0.15, 0.2) is 53.6 Å². The average molecular weight is 644 g/mol. The highest BCUT2D eigenvalue weighted by Crippen LogP contribution is 2.35. The van der Waals surface area contributed by atoms with Crippen LogP contribution in [0.1, 0.15) is 44.5 Å². The number of carbonyl (C=O) groups excluding carboxylic acids is 1. The number of halogens is 3. The first-order valence-electron chi connectivity index (χ1n) is 10.2. The van der Waals surface area contributed by atoms with E-state index in [-0.39, 0.29) is 11.5 Å². The number of benzene rings is 2. The van der Waals surface area contributed by atoms with Gasteiger partial charge in [-0.05, 0) is 81.1 Å². The van der Waals surface area contributed by atoms with Crippen molar-refractivity contribution >= 4 is 70.9 Å². The summed E-state index contributed by atoms with van der Waals surface area (Å²) in [4.78, 5) is 29.6. The largest absolute Gasteiger partial charge is 0.477 e. The van der Waals surface area contributed by atoms with E-state index in [4.69, 9.17) is 14.5 Å². The van der Waals surface area contributed by atoms with E-state index in [9.17, 15) is 9.59 Å². The van der Waals surface area contributed by atoms with Crippen molar-refractivity contribution in [2.24, 2.45) is 5.10 Å². The van der Waals surface area contributed by atoms with Crippen LogP contribution in [0, 0.1) is 0 Å². The lowest BCUT2D eigenvalue weighted by Crippen LogP contribution is -2.25. The molecule has 0 aliphatic rings. The fourth-order valence-electron chi connectivity index (χ4n) is 3.06. The van der Waals surface area contributed by atoms with Crippen LogP contribution in [0.3, 0.4) is 0 Å². The number of aromatic nitrogens is 2. The molecule has 0 N–H and O–H groups in total. The van der Waals surface area contributed by atoms with Crippen molar-refractivity contribution in [2.75, 3.05) is 7.11 Å². The van der Waals surface area contributed by atoms with Crippen molar-refractivity contribution in [3.8, 4) is 5.75 Å². The van der Waals surface area contributed by atoms with Gasteiger partial charge in [-0.1, -0.05) is 29.8 Å². The maximum absolute atomic E-state index is 13.3. The monoisotopic (exact) mass is 641 g/mol. The number of carbonyl (C=O) groups is 1. The molecule has 1 heterocycles. The Hall–Kier alpha value is -2.04. The van der Waals surface area contributed by atoms with Crippen LogP contribution in [0.25, 0.3) is 10.9 Å². The highest BCUT2D eigenvalue weighted by Gasteiger charge is 2.19. The summed E-state index contributed by atoms with van der Waals surface area (Å²) in [7, 11) is 1.31. The van der Waals surface area contributed by atoms with Gasteiger partial charge < -0.3 is 9.47 Å². The SMILES string of the molecule is CC[C@H](C)c1nc2ccc(Br)cc2c(=O)n1N=Cc1cc(Br)c(O[C@H](C)C(=O)OC)c(Br)c1. The molecule has 0 aliphatic heterocycles. The normalized spacial score (nSPS) is 13.3. The van der Waals surface area contributed by atoms with Gasteiger partial charge in [0, 0.05) is 10.4 Å². The third kappa shape index (κ3) is 5.73. The Morgan fingerprint density at radius 1 is 1.18 bits per heavy atom. The Balaban J connectivity index is 2.04. The van der Waals surface area contributed by atoms with E-state index in [1.165, 1.54) is 11.8 Å². The lowest BCUT2D eigenvalue weighted by Gasteiger charge is -2.16. The van der Waals surface area contributed by atoms with E-state index in [2.05, 4.69) is 52.9 Å². The summed E-state index contributed by atoms with van der Waals surface area (Å²) in [6, 6.07) is 9.00. The van der Waals surface area contributed by atoms with Gasteiger partial charge in [-0.25, -0.2) is 9.78 Å². The molecule has 1 aromatic heterocycles. The van der Waals surface area contributed by atoms with E-state index in [0.29, 0.717) is 37.0 Å². The number of fused-ring (bicyclic) bond motifs is 1. The van der Waals surface area contributed by atoms with E-state index in [1.807, 2.05) is 26.0 Å². The molecule has 174 valence electrons. The molecule has 0 saturated carbocycles. The van der Waals surface area contributed by atoms with Crippen LogP contribution < -0.4 is 10.3 Å². The molecule has 3 aromatic rings. The van der Waals surface area contributed by atoms with Gasteiger partial charge in [0.1, 0.15) is 11.6 Å². The second-order valence-corrected chi connectivity index (χ2v) is 10.0. The van der Waals surface area contributed by atoms with E-state index in [1.54, 1.807) is 31.3 Å². The fraction of sp³-hybridized carbons (Fsp3) is 0.304. The van der Waals surface area contributed by atoms with Gasteiger partial charge in [0.2, 0.25) is 0 Å². The van der Waals surface area contributed by atoms with Crippen molar-refractivity contribution in [2.45, 2.75) is 39.2 Å². The van der Waals surface area contributed by atoms with Crippen LogP contribution in [0.4, 0.5) is 0 Å². The van der Waals surface area contributed by atoms with E-state index >= 15 is 0 Å². The molecular formula is C23H22Br3N3O4. The second-order valence-electron chi connectivity index (χ2n) is 7.40. The highest BCUT2D eigenvalue weighted by molar-refractivity contribution is 9.11. The highest BCUT2D eigenvalue weighted by atomic mass is 79.9. The van der Waals surface area contributed by atoms with Gasteiger partial charge in [0.15, 0.2) is 6.10 Å². The Kier molecular flexibility index (Phi) is 8.47. The minimum atomic E-state index is -0.776. The van der Waals surface area contributed by atoms with Crippen molar-refractivity contribution in [1.82, 2.24) is 9.66 Å². The lowest BCUT2D eigenvalue weighted by molar-refractivity contribution is -0.147. The lowest BCUT2D eigenvalue weighted by atomic mass is 10.1. The first kappa shape index (κ1) is 25.6. The molecule has 2 aromatic carbocycles. The van der Waals surface area contributed by atoms with Crippen LogP contribution >= 0.6 is 47.8 Å². The molecule has 0 saturated heterocycles. The molecule has 0 bridgehead atoms. The van der Waals surface area contributed by atoms with Crippen molar-refractivity contribution in [3.63, 3.8) is 0 Å². The second kappa shape index (κ2) is 10.9. The van der Waals surface area contributed by atoms with Gasteiger partial charge in [0.25, 0.3) is 5.56 Å². The molecule has 0 amide bonds. The van der Waals surface area contributed by atoms with Gasteiger partial charge in [0.05, 0.1) is 33.2 Å². The third-order valence-electron chi connectivity index (χ3n) is 5.06. The van der Waals surface area contributed by atoms with Crippen LogP contribution in [-0.2, 0) is 9.53 Å². The maximum atomic E-state index is 13.3. The van der Waals surface area contributed by atoms with Crippen LogP contribution in [0.5, 0.6) is 5.75 Å². The molecule has 0 unspecified atom stereocenters. The number of nitrogens with zero attached hydrogens (tertiary/aromatic N) is 3. The molecule has 10 heteroatoms. The predicted octanol–water partition coefficient (Wildman–Crippen LogP) is 6.02. The zero-order chi connectivity index (χ0) is 24.3. The maximum Gasteiger partial charge on any atom is 0.346 e. The van der Waals surface area contributed by atoms with Crippen molar-refractivity contribution < 1.29 is 14.3 Å². The zero-order valence-electron chi connectivity index (χ0n) is 18.4. The number of methoxy groups -OCH3 is 1. The summed E-state index contributed by atoms with van der Waals surface area (Å²) >= 11 is 10.4. The van der Waals surface area contributed by atoms with Crippen LogP contribution in [0.2, 0.25) is 0 Å². The molecule has 7 nitrogen and oxygen atoms in total. The number of hydrogen-bond donors (Lipinski definition) is 0. The number of rotatable bonds is 7. The summed E-state index contributed by atoms with van der Waals surface area (Å²) in [6.07, 6.45) is 1.62. The standard InChI is InChI=1S/C23H22Br3N3O4/c1-5-12(2)21-28-19-7-6-15(24)10-16(19)22(30)29(21)27-11-14-8-17(25)20(18(26)9-14)33-13(3)23(31)32-4/h6-13H,5H2,1-4H3/t12-,13+/m0/s1. The predicted molar refractivity (Wildman–Crippen MR) is 139 cm³/mol. The molecule has 0 radical (unpaired) electrons. The summed E-state index contributed by atoms with van der Waals surface area (Å²) in [5, 5.41) is 4.97. The first-order chi connectivity index (χ1) is 15.7. The Labute approximate surface area is 216 Å². The Morgan fingerprint density at radius 3 is 2.45 bits per heavy atom. The molecule has 0 fully saturated rings. The van der Waals surface area contributed by atoms with E-state index < -0.39 is 12.1 Å². The van der Waals surface area contributed by atoms with Crippen LogP contribution in [-0.4, -0.2) is 35.1 Å². The van der Waals surface area contributed by atoms with Crippen molar-refractivity contribution in [1.29, 1.82) is 0 Å². The fourth-order valence-corrected chi connectivity index (χ4v) is 4.83. The quantitative estimate of drug-likeness (QED) is 0.232. The van der Waals surface area contributed by atoms with Gasteiger partial charge in [-0.2, -0.15) is 9.78 Å². The summed E-state index contributed by atoms with van der Waals surface area (Å²) in [6.45, 7) is 5.66. The van der Waals surface area contributed by atoms with Crippen molar-refractivity contribution in [3.05, 3.63) is 65.5 Å². The summed E-state index contributed by atoms with van der Waals surface area (Å²) in [5.41, 5.74) is 1.11. The Bertz CT molecular complexity index is 1270.